The number of nitrogens with zero attached hydrogens (tertiary/aromatic N) is 1. The molecule has 0 unspecified atom stereocenters. The fourth-order valence-electron chi connectivity index (χ4n) is 1.98. The molecule has 4 heteroatoms. The summed E-state index contributed by atoms with van der Waals surface area (Å²) in [7, 11) is 0. The summed E-state index contributed by atoms with van der Waals surface area (Å²) in [5.74, 6) is 0.680. The number of halogens is 1. The van der Waals surface area contributed by atoms with Crippen molar-refractivity contribution in [3.8, 4) is 0 Å². The van der Waals surface area contributed by atoms with Crippen molar-refractivity contribution in [2.45, 2.75) is 19.3 Å². The normalized spacial score (nSPS) is 10.7. The number of benzene rings is 2. The zero-order chi connectivity index (χ0) is 13.0. The van der Waals surface area contributed by atoms with Crippen LogP contribution in [-0.2, 0) is 6.42 Å². The van der Waals surface area contributed by atoms with E-state index < -0.39 is 0 Å². The maximum absolute atomic E-state index is 10.7. The summed E-state index contributed by atoms with van der Waals surface area (Å²) >= 11 is 5.64. The molecule has 0 amide bonds. The first-order chi connectivity index (χ1) is 8.70. The van der Waals surface area contributed by atoms with Crippen molar-refractivity contribution < 1.29 is 4.92 Å². The summed E-state index contributed by atoms with van der Waals surface area (Å²) in [6.45, 7) is 0. The largest absolute Gasteiger partial charge is 0.270 e. The fraction of sp³-hybridized carbons (Fsp3) is 0.286. The number of hydrogen-bond donors (Lipinski definition) is 0. The molecule has 0 aliphatic rings. The van der Waals surface area contributed by atoms with E-state index in [-0.39, 0.29) is 10.6 Å². The quantitative estimate of drug-likeness (QED) is 0.349. The van der Waals surface area contributed by atoms with Gasteiger partial charge in [0.1, 0.15) is 0 Å². The van der Waals surface area contributed by atoms with Gasteiger partial charge in [-0.25, -0.2) is 0 Å². The van der Waals surface area contributed by atoms with Gasteiger partial charge in [-0.1, -0.05) is 18.2 Å². The Morgan fingerprint density at radius 3 is 2.56 bits per heavy atom. The van der Waals surface area contributed by atoms with Gasteiger partial charge in [-0.2, -0.15) is 0 Å². The minimum Gasteiger partial charge on any atom is -0.258 e. The van der Waals surface area contributed by atoms with E-state index in [0.29, 0.717) is 5.88 Å². The molecule has 2 aromatic rings. The number of nitro groups is 1. The average Bonchev–Trinajstić information content (AvgIpc) is 2.38. The number of rotatable bonds is 5. The van der Waals surface area contributed by atoms with E-state index in [2.05, 4.69) is 6.07 Å². The number of aryl methyl sites for hydroxylation is 1. The molecule has 94 valence electrons. The van der Waals surface area contributed by atoms with Gasteiger partial charge in [0, 0.05) is 18.0 Å². The Bertz CT molecular complexity index is 569. The second kappa shape index (κ2) is 5.83. The molecular formula is C14H14ClNO2. The van der Waals surface area contributed by atoms with Gasteiger partial charge in [0.15, 0.2) is 0 Å². The topological polar surface area (TPSA) is 43.1 Å². The summed E-state index contributed by atoms with van der Waals surface area (Å²) < 4.78 is 0. The van der Waals surface area contributed by atoms with Crippen LogP contribution in [0.15, 0.2) is 36.4 Å². The molecule has 0 aliphatic heterocycles. The molecule has 0 spiro atoms. The molecule has 0 heterocycles. The van der Waals surface area contributed by atoms with Crippen molar-refractivity contribution in [2.24, 2.45) is 0 Å². The second-order valence-corrected chi connectivity index (χ2v) is 4.65. The van der Waals surface area contributed by atoms with E-state index in [4.69, 9.17) is 11.6 Å². The molecular weight excluding hydrogens is 250 g/mol. The van der Waals surface area contributed by atoms with Crippen LogP contribution >= 0.6 is 11.6 Å². The third kappa shape index (κ3) is 2.99. The highest BCUT2D eigenvalue weighted by Crippen LogP contribution is 2.22. The van der Waals surface area contributed by atoms with Crippen LogP contribution in [0.25, 0.3) is 10.8 Å². The highest BCUT2D eigenvalue weighted by Gasteiger charge is 2.06. The Morgan fingerprint density at radius 2 is 1.83 bits per heavy atom. The number of non-ortho nitro benzene ring substituents is 1. The Kier molecular flexibility index (Phi) is 4.15. The standard InChI is InChI=1S/C14H14ClNO2/c15-8-2-1-3-11-4-5-12-6-7-14(16(17)18)10-13(12)9-11/h4-7,9-10H,1-3,8H2. The SMILES string of the molecule is O=[N+]([O-])c1ccc2ccc(CCCCCl)cc2c1. The van der Waals surface area contributed by atoms with Gasteiger partial charge in [-0.15, -0.1) is 11.6 Å². The number of alkyl halides is 1. The molecule has 0 aromatic heterocycles. The summed E-state index contributed by atoms with van der Waals surface area (Å²) in [4.78, 5) is 10.4. The zero-order valence-corrected chi connectivity index (χ0v) is 10.7. The first-order valence-corrected chi connectivity index (χ1v) is 6.47. The molecule has 0 atom stereocenters. The van der Waals surface area contributed by atoms with Gasteiger partial charge in [-0.3, -0.25) is 10.1 Å². The number of nitro benzene ring substituents is 1. The Labute approximate surface area is 111 Å². The highest BCUT2D eigenvalue weighted by molar-refractivity contribution is 6.17. The van der Waals surface area contributed by atoms with E-state index in [0.717, 1.165) is 30.0 Å². The van der Waals surface area contributed by atoms with Crippen LogP contribution in [0.2, 0.25) is 0 Å². The number of unbranched alkanes of at least 4 members (excludes halogenated alkanes) is 1. The molecule has 0 saturated carbocycles. The van der Waals surface area contributed by atoms with Crippen molar-refractivity contribution in [1.29, 1.82) is 0 Å². The average molecular weight is 264 g/mol. The Hall–Kier alpha value is -1.61. The van der Waals surface area contributed by atoms with Crippen molar-refractivity contribution in [2.75, 3.05) is 5.88 Å². The van der Waals surface area contributed by atoms with Crippen LogP contribution in [0.5, 0.6) is 0 Å². The fourth-order valence-corrected chi connectivity index (χ4v) is 2.17. The van der Waals surface area contributed by atoms with Gasteiger partial charge in [0.05, 0.1) is 4.92 Å². The van der Waals surface area contributed by atoms with E-state index >= 15 is 0 Å². The van der Waals surface area contributed by atoms with Crippen molar-refractivity contribution in [1.82, 2.24) is 0 Å². The summed E-state index contributed by atoms with van der Waals surface area (Å²) in [5, 5.41) is 12.7. The molecule has 0 fully saturated rings. The zero-order valence-electron chi connectivity index (χ0n) is 9.93. The molecule has 18 heavy (non-hydrogen) atoms. The molecule has 0 bridgehead atoms. The predicted molar refractivity (Wildman–Crippen MR) is 74.3 cm³/mol. The number of hydrogen-bond acceptors (Lipinski definition) is 2. The third-order valence-corrected chi connectivity index (χ3v) is 3.22. The van der Waals surface area contributed by atoms with Gasteiger partial charge >= 0.3 is 0 Å². The summed E-state index contributed by atoms with van der Waals surface area (Å²) in [6.07, 6.45) is 3.00. The first-order valence-electron chi connectivity index (χ1n) is 5.94. The molecule has 0 aliphatic carbocycles. The highest BCUT2D eigenvalue weighted by atomic mass is 35.5. The first kappa shape index (κ1) is 12.8. The van der Waals surface area contributed by atoms with Gasteiger partial charge in [0.25, 0.3) is 5.69 Å². The molecule has 3 nitrogen and oxygen atoms in total. The van der Waals surface area contributed by atoms with Crippen LogP contribution in [0.4, 0.5) is 5.69 Å². The smallest absolute Gasteiger partial charge is 0.258 e. The predicted octanol–water partition coefficient (Wildman–Crippen LogP) is 4.31. The van der Waals surface area contributed by atoms with Gasteiger partial charge in [-0.05, 0) is 41.7 Å². The van der Waals surface area contributed by atoms with Gasteiger partial charge in [0.2, 0.25) is 0 Å². The lowest BCUT2D eigenvalue weighted by Crippen LogP contribution is -1.89. The lowest BCUT2D eigenvalue weighted by atomic mass is 10.0. The van der Waals surface area contributed by atoms with Crippen LogP contribution in [0, 0.1) is 10.1 Å². The molecule has 0 radical (unpaired) electrons. The minimum absolute atomic E-state index is 0.139. The summed E-state index contributed by atoms with van der Waals surface area (Å²) in [5.41, 5.74) is 1.34. The van der Waals surface area contributed by atoms with E-state index in [1.807, 2.05) is 12.1 Å². The Morgan fingerprint density at radius 1 is 1.06 bits per heavy atom. The van der Waals surface area contributed by atoms with Crippen molar-refractivity contribution in [3.63, 3.8) is 0 Å². The number of fused-ring (bicyclic) bond motifs is 1. The van der Waals surface area contributed by atoms with Crippen LogP contribution < -0.4 is 0 Å². The van der Waals surface area contributed by atoms with Crippen molar-refractivity contribution in [3.05, 3.63) is 52.1 Å². The van der Waals surface area contributed by atoms with E-state index in [1.54, 1.807) is 12.1 Å². The molecule has 2 rings (SSSR count). The third-order valence-electron chi connectivity index (χ3n) is 2.95. The van der Waals surface area contributed by atoms with Gasteiger partial charge < -0.3 is 0 Å². The lowest BCUT2D eigenvalue weighted by molar-refractivity contribution is -0.384. The van der Waals surface area contributed by atoms with Crippen LogP contribution in [0.3, 0.4) is 0 Å². The molecule has 0 saturated heterocycles. The minimum atomic E-state index is -0.361. The van der Waals surface area contributed by atoms with E-state index in [1.165, 1.54) is 11.6 Å². The lowest BCUT2D eigenvalue weighted by Gasteiger charge is -2.03. The summed E-state index contributed by atoms with van der Waals surface area (Å²) in [6, 6.07) is 11.1. The van der Waals surface area contributed by atoms with Crippen LogP contribution in [0.1, 0.15) is 18.4 Å². The second-order valence-electron chi connectivity index (χ2n) is 4.27. The van der Waals surface area contributed by atoms with Crippen molar-refractivity contribution >= 4 is 28.1 Å². The monoisotopic (exact) mass is 263 g/mol. The molecule has 0 N–H and O–H groups in total. The Balaban J connectivity index is 2.27. The van der Waals surface area contributed by atoms with Crippen LogP contribution in [-0.4, -0.2) is 10.8 Å². The maximum Gasteiger partial charge on any atom is 0.270 e. The molecule has 2 aromatic carbocycles. The maximum atomic E-state index is 10.7. The van der Waals surface area contributed by atoms with E-state index in [9.17, 15) is 10.1 Å².